The number of esters is 1. The van der Waals surface area contributed by atoms with Crippen molar-refractivity contribution in [3.8, 4) is 5.75 Å². The third kappa shape index (κ3) is 5.39. The first-order valence-electron chi connectivity index (χ1n) is 11.2. The zero-order valence-corrected chi connectivity index (χ0v) is 20.6. The van der Waals surface area contributed by atoms with Gasteiger partial charge in [-0.15, -0.1) is 0 Å². The van der Waals surface area contributed by atoms with E-state index < -0.39 is 28.8 Å². The number of carbonyl (C=O) groups excluding carboxylic acids is 2. The predicted octanol–water partition coefficient (Wildman–Crippen LogP) is 5.10. The summed E-state index contributed by atoms with van der Waals surface area (Å²) in [7, 11) is 1.74. The molecule has 0 atom stereocenters. The molecule has 192 valence electrons. The van der Waals surface area contributed by atoms with E-state index in [0.29, 0.717) is 19.4 Å². The van der Waals surface area contributed by atoms with Crippen molar-refractivity contribution in [2.45, 2.75) is 44.4 Å². The molecule has 12 heteroatoms. The van der Waals surface area contributed by atoms with Crippen molar-refractivity contribution in [2.75, 3.05) is 0 Å². The van der Waals surface area contributed by atoms with Crippen LogP contribution in [0.4, 0.5) is 13.2 Å². The number of aryl methyl sites for hydroxylation is 1. The van der Waals surface area contributed by atoms with Gasteiger partial charge in [-0.05, 0) is 49.8 Å². The molecule has 36 heavy (non-hydrogen) atoms. The number of benzene rings is 2. The molecular weight excluding hydrogens is 522 g/mol. The summed E-state index contributed by atoms with van der Waals surface area (Å²) in [6.07, 6.45) is -2.42. The number of imidazole rings is 1. The summed E-state index contributed by atoms with van der Waals surface area (Å²) in [5.41, 5.74) is 1.46. The Hall–Kier alpha value is -2.98. The highest BCUT2D eigenvalue weighted by molar-refractivity contribution is 6.37. The van der Waals surface area contributed by atoms with E-state index in [1.165, 1.54) is 6.07 Å². The fourth-order valence-corrected chi connectivity index (χ4v) is 4.95. The van der Waals surface area contributed by atoms with E-state index >= 15 is 0 Å². The number of nitrogens with one attached hydrogen (secondary N) is 1. The minimum atomic E-state index is -5.23. The molecule has 0 aliphatic heterocycles. The van der Waals surface area contributed by atoms with E-state index in [-0.39, 0.29) is 28.2 Å². The average molecular weight is 544 g/mol. The monoisotopic (exact) mass is 543 g/mol. The quantitative estimate of drug-likeness (QED) is 0.358. The molecule has 7 nitrogen and oxygen atoms in total. The first-order chi connectivity index (χ1) is 17.0. The molecule has 1 saturated carbocycles. The lowest BCUT2D eigenvalue weighted by atomic mass is 9.85. The van der Waals surface area contributed by atoms with Crippen molar-refractivity contribution in [1.29, 1.82) is 0 Å². The number of nitrogens with zero attached hydrogens (tertiary/aromatic N) is 2. The summed E-state index contributed by atoms with van der Waals surface area (Å²) in [4.78, 5) is 36.7. The van der Waals surface area contributed by atoms with Gasteiger partial charge in [0.1, 0.15) is 0 Å². The highest BCUT2D eigenvalue weighted by Gasteiger charge is 2.42. The number of hydrogen-bond acceptors (Lipinski definition) is 4. The number of fused-ring (bicyclic) bond motifs is 1. The Morgan fingerprint density at radius 2 is 1.72 bits per heavy atom. The molecule has 0 bridgehead atoms. The molecule has 1 amide bonds. The van der Waals surface area contributed by atoms with Gasteiger partial charge in [0.2, 0.25) is 0 Å². The first kappa shape index (κ1) is 26.1. The van der Waals surface area contributed by atoms with Crippen LogP contribution >= 0.6 is 23.2 Å². The first-order valence-corrected chi connectivity index (χ1v) is 11.9. The van der Waals surface area contributed by atoms with Gasteiger partial charge < -0.3 is 10.1 Å². The maximum atomic E-state index is 12.8. The lowest BCUT2D eigenvalue weighted by Gasteiger charge is -2.29. The number of amides is 1. The maximum absolute atomic E-state index is 12.8. The van der Waals surface area contributed by atoms with Crippen molar-refractivity contribution in [3.05, 3.63) is 62.5 Å². The number of hydrogen-bond donors (Lipinski definition) is 1. The lowest BCUT2D eigenvalue weighted by Crippen LogP contribution is -2.38. The van der Waals surface area contributed by atoms with Crippen molar-refractivity contribution in [3.63, 3.8) is 0 Å². The summed E-state index contributed by atoms with van der Waals surface area (Å²) in [5.74, 6) is -3.52. The van der Waals surface area contributed by atoms with E-state index in [1.807, 2.05) is 24.3 Å². The van der Waals surface area contributed by atoms with E-state index in [4.69, 9.17) is 23.2 Å². The smallest absolute Gasteiger partial charge is 0.418 e. The van der Waals surface area contributed by atoms with Crippen LogP contribution in [0.3, 0.4) is 0 Å². The van der Waals surface area contributed by atoms with Crippen molar-refractivity contribution in [2.24, 2.45) is 13.0 Å². The molecule has 0 saturated heterocycles. The number of rotatable bonds is 5. The van der Waals surface area contributed by atoms with E-state index in [0.717, 1.165) is 29.9 Å². The van der Waals surface area contributed by atoms with Crippen LogP contribution in [0.2, 0.25) is 10.0 Å². The van der Waals surface area contributed by atoms with E-state index in [9.17, 15) is 27.6 Å². The normalized spacial score (nSPS) is 18.3. The van der Waals surface area contributed by atoms with Crippen LogP contribution in [0.25, 0.3) is 11.0 Å². The third-order valence-electron chi connectivity index (χ3n) is 6.36. The fraction of sp³-hybridized carbons (Fsp3) is 0.375. The number of aromatic nitrogens is 2. The van der Waals surface area contributed by atoms with Gasteiger partial charge in [-0.2, -0.15) is 13.2 Å². The largest absolute Gasteiger partial charge is 0.491 e. The Balaban J connectivity index is 1.40. The SMILES string of the molecule is Cn1c(=O)n(CC2CCC(NC(=O)c3cc(Cl)cc(OC(=O)C(F)(F)F)c3Cl)CC2)c2ccccc21. The molecule has 1 heterocycles. The minimum absolute atomic E-state index is 0.0794. The van der Waals surface area contributed by atoms with Gasteiger partial charge in [-0.1, -0.05) is 35.3 Å². The Labute approximate surface area is 213 Å². The second-order valence-corrected chi connectivity index (χ2v) is 9.60. The second kappa shape index (κ2) is 10.2. The van der Waals surface area contributed by atoms with Gasteiger partial charge in [0.05, 0.1) is 21.6 Å². The molecule has 1 aromatic heterocycles. The lowest BCUT2D eigenvalue weighted by molar-refractivity contribution is -0.189. The number of alkyl halides is 3. The van der Waals surface area contributed by atoms with Gasteiger partial charge in [0.15, 0.2) is 5.75 Å². The van der Waals surface area contributed by atoms with Crippen molar-refractivity contribution >= 4 is 46.1 Å². The fourth-order valence-electron chi connectivity index (χ4n) is 4.51. The predicted molar refractivity (Wildman–Crippen MR) is 129 cm³/mol. The summed E-state index contributed by atoms with van der Waals surface area (Å²) in [5, 5.41) is 2.27. The summed E-state index contributed by atoms with van der Waals surface area (Å²) >= 11 is 12.0. The molecule has 1 fully saturated rings. The summed E-state index contributed by atoms with van der Waals surface area (Å²) < 4.78 is 45.4. The number of carbonyl (C=O) groups is 2. The number of para-hydroxylation sites is 2. The van der Waals surface area contributed by atoms with Crippen LogP contribution in [0, 0.1) is 5.92 Å². The van der Waals surface area contributed by atoms with Gasteiger partial charge in [0, 0.05) is 30.7 Å². The summed E-state index contributed by atoms with van der Waals surface area (Å²) in [6, 6.07) is 9.52. The van der Waals surface area contributed by atoms with Crippen LogP contribution in [0.1, 0.15) is 36.0 Å². The van der Waals surface area contributed by atoms with Crippen LogP contribution in [-0.2, 0) is 18.4 Å². The standard InChI is InChI=1S/C24H22Cl2F3N3O4/c1-31-17-4-2-3-5-18(17)32(23(31)35)12-13-6-8-15(9-7-13)30-21(33)16-10-14(25)11-19(20(16)26)36-22(34)24(27,28)29/h2-5,10-11,13,15H,6-9,12H2,1H3,(H,30,33). The molecule has 0 spiro atoms. The summed E-state index contributed by atoms with van der Waals surface area (Å²) in [6.45, 7) is 0.564. The van der Waals surface area contributed by atoms with Gasteiger partial charge in [0.25, 0.3) is 5.91 Å². The molecule has 2 aromatic carbocycles. The number of halogens is 5. The van der Waals surface area contributed by atoms with E-state index in [2.05, 4.69) is 10.1 Å². The number of ether oxygens (including phenoxy) is 1. The highest BCUT2D eigenvalue weighted by atomic mass is 35.5. The van der Waals surface area contributed by atoms with Gasteiger partial charge >= 0.3 is 17.8 Å². The van der Waals surface area contributed by atoms with Crippen LogP contribution in [-0.4, -0.2) is 33.2 Å². The molecule has 0 radical (unpaired) electrons. The molecule has 0 unspecified atom stereocenters. The highest BCUT2D eigenvalue weighted by Crippen LogP contribution is 2.34. The van der Waals surface area contributed by atoms with Gasteiger partial charge in [-0.25, -0.2) is 9.59 Å². The Morgan fingerprint density at radius 3 is 2.36 bits per heavy atom. The molecular formula is C24H22Cl2F3N3O4. The minimum Gasteiger partial charge on any atom is -0.418 e. The molecule has 1 aliphatic carbocycles. The second-order valence-electron chi connectivity index (χ2n) is 8.78. The van der Waals surface area contributed by atoms with Gasteiger partial charge in [-0.3, -0.25) is 13.9 Å². The average Bonchev–Trinajstić information content (AvgIpc) is 3.06. The van der Waals surface area contributed by atoms with Crippen LogP contribution in [0.5, 0.6) is 5.75 Å². The Bertz CT molecular complexity index is 1380. The van der Waals surface area contributed by atoms with Crippen LogP contribution in [0.15, 0.2) is 41.2 Å². The zero-order chi connectivity index (χ0) is 26.2. The molecule has 1 N–H and O–H groups in total. The molecule has 3 aromatic rings. The van der Waals surface area contributed by atoms with Crippen molar-refractivity contribution in [1.82, 2.24) is 14.5 Å². The Morgan fingerprint density at radius 1 is 1.08 bits per heavy atom. The third-order valence-corrected chi connectivity index (χ3v) is 6.97. The van der Waals surface area contributed by atoms with Crippen molar-refractivity contribution < 1.29 is 27.5 Å². The molecule has 1 aliphatic rings. The Kier molecular flexibility index (Phi) is 7.38. The molecule has 4 rings (SSSR count). The van der Waals surface area contributed by atoms with E-state index in [1.54, 1.807) is 16.2 Å². The maximum Gasteiger partial charge on any atom is 0.491 e. The topological polar surface area (TPSA) is 82.3 Å². The zero-order valence-electron chi connectivity index (χ0n) is 19.1. The van der Waals surface area contributed by atoms with Crippen LogP contribution < -0.4 is 15.7 Å².